The van der Waals surface area contributed by atoms with Gasteiger partial charge in [0.25, 0.3) is 0 Å². The SMILES string of the molecule is CC(=O)OC[C@@H]1C[C@H](OC(C)=O)[C@H](OC(C)=O)[C@@H](c2cccc(C#C[C@H]3O[C@H](COCc4ccccc4)[C@@H](OCc4ccccc4)[C@H](OCc4ccccc4)[C@@H]3OCc3ccccc3)c2)O1. The Kier molecular flexibility index (Phi) is 17.7. The van der Waals surface area contributed by atoms with Crippen LogP contribution in [0.15, 0.2) is 146 Å². The summed E-state index contributed by atoms with van der Waals surface area (Å²) in [6, 6.07) is 47.0. The predicted molar refractivity (Wildman–Crippen MR) is 243 cm³/mol. The first kappa shape index (κ1) is 47.8. The predicted octanol–water partition coefficient (Wildman–Crippen LogP) is 8.04. The van der Waals surface area contributed by atoms with Crippen molar-refractivity contribution < 1.29 is 57.0 Å². The van der Waals surface area contributed by atoms with Crippen molar-refractivity contribution in [2.45, 2.75) is 109 Å². The molecule has 2 heterocycles. The molecule has 0 amide bonds. The Morgan fingerprint density at radius 1 is 0.545 bits per heavy atom. The van der Waals surface area contributed by atoms with Crippen LogP contribution in [0.3, 0.4) is 0 Å². The van der Waals surface area contributed by atoms with E-state index in [4.69, 9.17) is 42.6 Å². The number of ether oxygens (including phenoxy) is 9. The molecule has 0 spiro atoms. The van der Waals surface area contributed by atoms with Gasteiger partial charge in [0, 0.05) is 32.8 Å². The molecular weight excluding hydrogens is 841 g/mol. The van der Waals surface area contributed by atoms with Crippen LogP contribution >= 0.6 is 0 Å². The van der Waals surface area contributed by atoms with E-state index < -0.39 is 72.8 Å². The Morgan fingerprint density at radius 2 is 1.08 bits per heavy atom. The van der Waals surface area contributed by atoms with Crippen molar-refractivity contribution in [2.75, 3.05) is 13.2 Å². The fourth-order valence-electron chi connectivity index (χ4n) is 8.03. The van der Waals surface area contributed by atoms with Gasteiger partial charge in [0.2, 0.25) is 0 Å². The number of benzene rings is 5. The molecule has 5 aromatic rings. The lowest BCUT2D eigenvalue weighted by Crippen LogP contribution is -2.60. The average molecular weight is 897 g/mol. The van der Waals surface area contributed by atoms with Crippen molar-refractivity contribution >= 4 is 17.9 Å². The van der Waals surface area contributed by atoms with Crippen LogP contribution in [-0.4, -0.2) is 80.0 Å². The topological polar surface area (TPSA) is 134 Å². The number of carbonyl (C=O) groups excluding carboxylic acids is 3. The molecular formula is C54H56O12. The zero-order valence-corrected chi connectivity index (χ0v) is 37.4. The van der Waals surface area contributed by atoms with Gasteiger partial charge in [-0.3, -0.25) is 14.4 Å². The summed E-state index contributed by atoms with van der Waals surface area (Å²) >= 11 is 0. The van der Waals surface area contributed by atoms with Crippen molar-refractivity contribution in [1.29, 1.82) is 0 Å². The highest BCUT2D eigenvalue weighted by Gasteiger charge is 2.48. The summed E-state index contributed by atoms with van der Waals surface area (Å²) in [7, 11) is 0. The van der Waals surface area contributed by atoms with Crippen LogP contribution in [0.5, 0.6) is 0 Å². The van der Waals surface area contributed by atoms with Gasteiger partial charge in [-0.1, -0.05) is 145 Å². The third kappa shape index (κ3) is 14.2. The lowest BCUT2D eigenvalue weighted by atomic mass is 9.91. The molecule has 5 aromatic carbocycles. The maximum Gasteiger partial charge on any atom is 0.303 e. The van der Waals surface area contributed by atoms with E-state index >= 15 is 0 Å². The number of carbonyl (C=O) groups is 3. The van der Waals surface area contributed by atoms with Gasteiger partial charge >= 0.3 is 17.9 Å². The highest BCUT2D eigenvalue weighted by Crippen LogP contribution is 2.37. The maximum atomic E-state index is 12.4. The summed E-state index contributed by atoms with van der Waals surface area (Å²) in [5.41, 5.74) is 5.14. The van der Waals surface area contributed by atoms with Crippen LogP contribution in [-0.2, 0) is 83.4 Å². The number of hydrogen-bond donors (Lipinski definition) is 0. The van der Waals surface area contributed by atoms with E-state index in [1.165, 1.54) is 20.8 Å². The highest BCUT2D eigenvalue weighted by molar-refractivity contribution is 5.67. The molecule has 12 heteroatoms. The molecule has 0 unspecified atom stereocenters. The monoisotopic (exact) mass is 896 g/mol. The highest BCUT2D eigenvalue weighted by atomic mass is 16.6. The van der Waals surface area contributed by atoms with Gasteiger partial charge in [-0.2, -0.15) is 0 Å². The van der Waals surface area contributed by atoms with Crippen molar-refractivity contribution in [3.8, 4) is 11.8 Å². The Hall–Kier alpha value is -6.17. The van der Waals surface area contributed by atoms with Crippen LogP contribution in [0.4, 0.5) is 0 Å². The second-order valence-corrected chi connectivity index (χ2v) is 16.2. The molecule has 7 rings (SSSR count). The molecule has 2 aliphatic heterocycles. The van der Waals surface area contributed by atoms with E-state index in [9.17, 15) is 14.4 Å². The fourth-order valence-corrected chi connectivity index (χ4v) is 8.03. The zero-order valence-electron chi connectivity index (χ0n) is 37.4. The zero-order chi connectivity index (χ0) is 46.1. The second-order valence-electron chi connectivity index (χ2n) is 16.2. The molecule has 0 N–H and O–H groups in total. The molecule has 0 radical (unpaired) electrons. The number of esters is 3. The summed E-state index contributed by atoms with van der Waals surface area (Å²) in [4.78, 5) is 36.4. The van der Waals surface area contributed by atoms with Gasteiger partial charge < -0.3 is 42.6 Å². The second kappa shape index (κ2) is 24.4. The number of rotatable bonds is 18. The smallest absolute Gasteiger partial charge is 0.303 e. The van der Waals surface area contributed by atoms with Gasteiger partial charge in [-0.15, -0.1) is 0 Å². The summed E-state index contributed by atoms with van der Waals surface area (Å²) < 4.78 is 57.0. The molecule has 66 heavy (non-hydrogen) atoms. The van der Waals surface area contributed by atoms with E-state index in [1.54, 1.807) is 0 Å². The minimum absolute atomic E-state index is 0.0843. The van der Waals surface area contributed by atoms with Gasteiger partial charge in [-0.25, -0.2) is 0 Å². The van der Waals surface area contributed by atoms with Crippen molar-refractivity contribution in [2.24, 2.45) is 0 Å². The summed E-state index contributed by atoms with van der Waals surface area (Å²) in [6.07, 6.45) is -6.79. The maximum absolute atomic E-state index is 12.4. The molecule has 2 fully saturated rings. The third-order valence-electron chi connectivity index (χ3n) is 11.0. The molecule has 0 aromatic heterocycles. The Morgan fingerprint density at radius 3 is 1.62 bits per heavy atom. The fraction of sp³-hybridized carbons (Fsp3) is 0.352. The van der Waals surface area contributed by atoms with E-state index in [1.807, 2.05) is 146 Å². The standard InChI is InChI=1S/C54H56O12/c1-37(55)59-35-46-30-48(63-38(2)56)53(64-39(3)57)50(65-46)45-26-16-25-40(29-45)27-28-47-51(60-32-42-19-10-5-11-20-42)54(62-34-44-23-14-7-15-24-44)52(61-33-43-21-12-6-13-22-43)49(66-47)36-58-31-41-17-8-4-9-18-41/h4-26,29,46-54H,30-36H2,1-3H3/t46-,47+,48-,49+,50+,51+,52+,53-,54+/m0/s1. The Bertz CT molecular complexity index is 2350. The molecule has 12 nitrogen and oxygen atoms in total. The van der Waals surface area contributed by atoms with E-state index in [-0.39, 0.29) is 32.8 Å². The molecule has 344 valence electrons. The lowest BCUT2D eigenvalue weighted by Gasteiger charge is -2.45. The lowest BCUT2D eigenvalue weighted by molar-refractivity contribution is -0.261. The quantitative estimate of drug-likeness (QED) is 0.0479. The van der Waals surface area contributed by atoms with Crippen LogP contribution in [0.25, 0.3) is 0 Å². The van der Waals surface area contributed by atoms with Crippen LogP contribution < -0.4 is 0 Å². The van der Waals surface area contributed by atoms with Crippen molar-refractivity contribution in [3.63, 3.8) is 0 Å². The van der Waals surface area contributed by atoms with E-state index in [0.29, 0.717) is 24.3 Å². The first-order valence-corrected chi connectivity index (χ1v) is 22.2. The van der Waals surface area contributed by atoms with Gasteiger partial charge in [-0.05, 0) is 39.9 Å². The summed E-state index contributed by atoms with van der Waals surface area (Å²) in [5, 5.41) is 0. The normalized spacial score (nSPS) is 23.7. The van der Waals surface area contributed by atoms with Crippen molar-refractivity contribution in [3.05, 3.63) is 179 Å². The molecule has 0 bridgehead atoms. The van der Waals surface area contributed by atoms with Crippen LogP contribution in [0.2, 0.25) is 0 Å². The third-order valence-corrected chi connectivity index (χ3v) is 11.0. The largest absolute Gasteiger partial charge is 0.463 e. The molecule has 2 aliphatic rings. The van der Waals surface area contributed by atoms with Gasteiger partial charge in [0.15, 0.2) is 6.10 Å². The minimum Gasteiger partial charge on any atom is -0.463 e. The first-order valence-electron chi connectivity index (χ1n) is 22.2. The Balaban J connectivity index is 1.24. The first-order chi connectivity index (χ1) is 32.2. The summed E-state index contributed by atoms with van der Waals surface area (Å²) in [6.45, 7) is 5.14. The van der Waals surface area contributed by atoms with Gasteiger partial charge in [0.1, 0.15) is 49.3 Å². The van der Waals surface area contributed by atoms with Crippen molar-refractivity contribution in [1.82, 2.24) is 0 Å². The molecule has 0 aliphatic carbocycles. The van der Waals surface area contributed by atoms with E-state index in [2.05, 4.69) is 11.8 Å². The van der Waals surface area contributed by atoms with Gasteiger partial charge in [0.05, 0.1) is 39.1 Å². The molecule has 0 saturated carbocycles. The average Bonchev–Trinajstić information content (AvgIpc) is 3.32. The summed E-state index contributed by atoms with van der Waals surface area (Å²) in [5.74, 6) is 5.11. The van der Waals surface area contributed by atoms with E-state index in [0.717, 1.165) is 22.3 Å². The Labute approximate surface area is 386 Å². The van der Waals surface area contributed by atoms with Crippen LogP contribution in [0, 0.1) is 11.8 Å². The van der Waals surface area contributed by atoms with Crippen LogP contribution in [0.1, 0.15) is 66.7 Å². The molecule has 9 atom stereocenters. The molecule has 2 saturated heterocycles. The number of hydrogen-bond acceptors (Lipinski definition) is 12. The minimum atomic E-state index is -0.993.